The van der Waals surface area contributed by atoms with E-state index in [1.807, 2.05) is 30.3 Å². The van der Waals surface area contributed by atoms with Crippen LogP contribution in [0.2, 0.25) is 0 Å². The number of hydrogen-bond donors (Lipinski definition) is 1. The van der Waals surface area contributed by atoms with E-state index in [-0.39, 0.29) is 11.7 Å². The van der Waals surface area contributed by atoms with Crippen LogP contribution in [0, 0.1) is 0 Å². The van der Waals surface area contributed by atoms with Crippen LogP contribution >= 0.6 is 0 Å². The highest BCUT2D eigenvalue weighted by atomic mass is 16.5. The van der Waals surface area contributed by atoms with Crippen LogP contribution in [0.3, 0.4) is 0 Å². The van der Waals surface area contributed by atoms with E-state index >= 15 is 0 Å². The van der Waals surface area contributed by atoms with Gasteiger partial charge in [-0.3, -0.25) is 4.79 Å². The molecule has 1 aliphatic carbocycles. The molecule has 0 spiro atoms. The second-order valence-electron chi connectivity index (χ2n) is 9.18. The second-order valence-corrected chi connectivity index (χ2v) is 9.18. The van der Waals surface area contributed by atoms with Gasteiger partial charge in [-0.25, -0.2) is 4.98 Å². The lowest BCUT2D eigenvalue weighted by atomic mass is 9.81. The monoisotopic (exact) mass is 442 g/mol. The number of ketones is 1. The summed E-state index contributed by atoms with van der Waals surface area (Å²) in [5, 5.41) is 1.85. The lowest BCUT2D eigenvalue weighted by molar-refractivity contribution is 0.0964. The fourth-order valence-corrected chi connectivity index (χ4v) is 5.12. The number of anilines is 1. The summed E-state index contributed by atoms with van der Waals surface area (Å²) in [4.78, 5) is 20.6. The number of fused-ring (bicyclic) bond motifs is 4. The van der Waals surface area contributed by atoms with Crippen molar-refractivity contribution < 1.29 is 9.53 Å². The number of benzene rings is 2. The van der Waals surface area contributed by atoms with Crippen molar-refractivity contribution >= 4 is 33.4 Å². The number of aromatic nitrogens is 2. The number of carbonyl (C=O) groups excluding carboxylic acids is 1. The molecule has 2 aromatic heterocycles. The fourth-order valence-electron chi connectivity index (χ4n) is 5.12. The first-order valence-corrected chi connectivity index (χ1v) is 11.5. The van der Waals surface area contributed by atoms with Crippen LogP contribution in [0.5, 0.6) is 5.75 Å². The van der Waals surface area contributed by atoms with Crippen molar-refractivity contribution in [1.82, 2.24) is 14.5 Å². The minimum absolute atomic E-state index is 0.0772. The van der Waals surface area contributed by atoms with E-state index in [1.54, 1.807) is 7.11 Å². The average molecular weight is 443 g/mol. The number of Topliss-reactive ketones (excluding diaryl/α,β-unsaturated/α-hetero) is 1. The van der Waals surface area contributed by atoms with Crippen molar-refractivity contribution in [1.29, 1.82) is 0 Å². The third-order valence-electron chi connectivity index (χ3n) is 6.72. The van der Waals surface area contributed by atoms with Crippen molar-refractivity contribution in [2.45, 2.75) is 31.7 Å². The number of aryl methyl sites for hydroxylation is 1. The normalized spacial score (nSPS) is 16.0. The molecule has 5 rings (SSSR count). The lowest BCUT2D eigenvalue weighted by Crippen LogP contribution is -2.22. The molecule has 2 aromatic carbocycles. The Labute approximate surface area is 194 Å². The minimum Gasteiger partial charge on any atom is -0.497 e. The number of carbonyl (C=O) groups is 1. The summed E-state index contributed by atoms with van der Waals surface area (Å²) in [7, 11) is 5.82. The number of rotatable bonds is 6. The molecule has 0 fully saturated rings. The number of nitrogen functional groups attached to an aromatic ring is 1. The Hall–Kier alpha value is -3.38. The highest BCUT2D eigenvalue weighted by Crippen LogP contribution is 2.41. The number of nitrogens with two attached hydrogens (primary N) is 1. The zero-order chi connectivity index (χ0) is 23.1. The van der Waals surface area contributed by atoms with E-state index in [1.165, 1.54) is 5.56 Å². The Morgan fingerprint density at radius 1 is 1.15 bits per heavy atom. The van der Waals surface area contributed by atoms with E-state index in [9.17, 15) is 4.79 Å². The highest BCUT2D eigenvalue weighted by Gasteiger charge is 2.31. The molecule has 33 heavy (non-hydrogen) atoms. The first kappa shape index (κ1) is 21.5. The summed E-state index contributed by atoms with van der Waals surface area (Å²) in [5.41, 5.74) is 11.8. The molecular formula is C27H30N4O2. The van der Waals surface area contributed by atoms with Crippen LogP contribution in [-0.2, 0) is 13.0 Å². The molecule has 1 atom stereocenters. The maximum Gasteiger partial charge on any atom is 0.167 e. The number of pyridine rings is 1. The summed E-state index contributed by atoms with van der Waals surface area (Å²) in [5.74, 6) is 0.970. The molecule has 6 nitrogen and oxygen atoms in total. The fraction of sp³-hybridized carbons (Fsp3) is 0.333. The van der Waals surface area contributed by atoms with Gasteiger partial charge in [-0.05, 0) is 63.2 Å². The standard InChI is InChI=1S/C27H30N4O2/c1-30(2)12-7-13-31-22-11-10-19(33-3)16-20(22)24-26(28)25-21(29-27(24)31)14-18(15-23(25)32)17-8-5-4-6-9-17/h4-6,8-11,16,18H,7,12-15H2,1-3H3,(H2,28,29). The zero-order valence-electron chi connectivity index (χ0n) is 19.5. The van der Waals surface area contributed by atoms with Gasteiger partial charge >= 0.3 is 0 Å². The van der Waals surface area contributed by atoms with Gasteiger partial charge in [0.1, 0.15) is 11.4 Å². The average Bonchev–Trinajstić information content (AvgIpc) is 3.12. The van der Waals surface area contributed by atoms with Gasteiger partial charge in [0.15, 0.2) is 5.78 Å². The molecule has 1 aliphatic rings. The van der Waals surface area contributed by atoms with Crippen LogP contribution in [0.1, 0.15) is 40.4 Å². The maximum atomic E-state index is 13.3. The van der Waals surface area contributed by atoms with Gasteiger partial charge in [0.2, 0.25) is 0 Å². The number of hydrogen-bond acceptors (Lipinski definition) is 5. The lowest BCUT2D eigenvalue weighted by Gasteiger charge is -2.25. The molecule has 170 valence electrons. The molecule has 0 bridgehead atoms. The Morgan fingerprint density at radius 3 is 2.67 bits per heavy atom. The SMILES string of the molecule is COc1ccc2c(c1)c1c(N)c3c(nc1n2CCCN(C)C)CC(c1ccccc1)CC3=O. The molecule has 0 saturated heterocycles. The van der Waals surface area contributed by atoms with Crippen LogP contribution in [0.25, 0.3) is 21.9 Å². The summed E-state index contributed by atoms with van der Waals surface area (Å²) in [6, 6.07) is 16.3. The van der Waals surface area contributed by atoms with E-state index in [0.717, 1.165) is 52.9 Å². The first-order chi connectivity index (χ1) is 16.0. The molecule has 0 saturated carbocycles. The summed E-state index contributed by atoms with van der Waals surface area (Å²) in [6.45, 7) is 1.80. The third kappa shape index (κ3) is 3.74. The summed E-state index contributed by atoms with van der Waals surface area (Å²) < 4.78 is 7.74. The van der Waals surface area contributed by atoms with Crippen molar-refractivity contribution in [2.24, 2.45) is 0 Å². The third-order valence-corrected chi connectivity index (χ3v) is 6.72. The van der Waals surface area contributed by atoms with Gasteiger partial charge < -0.3 is 19.9 Å². The minimum atomic E-state index is 0.0772. The number of methoxy groups -OCH3 is 1. The highest BCUT2D eigenvalue weighted by molar-refractivity contribution is 6.18. The molecule has 2 N–H and O–H groups in total. The van der Waals surface area contributed by atoms with Crippen molar-refractivity contribution in [3.8, 4) is 5.75 Å². The van der Waals surface area contributed by atoms with Gasteiger partial charge in [-0.15, -0.1) is 0 Å². The summed E-state index contributed by atoms with van der Waals surface area (Å²) >= 11 is 0. The van der Waals surface area contributed by atoms with Crippen LogP contribution < -0.4 is 10.5 Å². The van der Waals surface area contributed by atoms with E-state index in [4.69, 9.17) is 15.5 Å². The zero-order valence-corrected chi connectivity index (χ0v) is 19.5. The molecule has 4 aromatic rings. The van der Waals surface area contributed by atoms with E-state index < -0.39 is 0 Å². The Balaban J connectivity index is 1.69. The predicted molar refractivity (Wildman–Crippen MR) is 133 cm³/mol. The smallest absolute Gasteiger partial charge is 0.167 e. The Bertz CT molecular complexity index is 1340. The number of nitrogens with zero attached hydrogens (tertiary/aromatic N) is 3. The van der Waals surface area contributed by atoms with Gasteiger partial charge in [0, 0.05) is 18.4 Å². The van der Waals surface area contributed by atoms with Gasteiger partial charge in [0.05, 0.1) is 35.0 Å². The largest absolute Gasteiger partial charge is 0.497 e. The molecule has 0 radical (unpaired) electrons. The quantitative estimate of drug-likeness (QED) is 0.471. The van der Waals surface area contributed by atoms with Gasteiger partial charge in [0.25, 0.3) is 0 Å². The van der Waals surface area contributed by atoms with Crippen LogP contribution in [-0.4, -0.2) is 48.0 Å². The van der Waals surface area contributed by atoms with Crippen molar-refractivity contribution in [2.75, 3.05) is 33.5 Å². The van der Waals surface area contributed by atoms with Crippen molar-refractivity contribution in [3.63, 3.8) is 0 Å². The first-order valence-electron chi connectivity index (χ1n) is 11.5. The summed E-state index contributed by atoms with van der Waals surface area (Å²) in [6.07, 6.45) is 2.16. The van der Waals surface area contributed by atoms with E-state index in [0.29, 0.717) is 24.1 Å². The number of ether oxygens (including phenoxy) is 1. The molecule has 6 heteroatoms. The maximum absolute atomic E-state index is 13.3. The van der Waals surface area contributed by atoms with E-state index in [2.05, 4.69) is 41.8 Å². The van der Waals surface area contributed by atoms with Crippen LogP contribution in [0.15, 0.2) is 48.5 Å². The molecule has 0 amide bonds. The Kier molecular flexibility index (Phi) is 5.54. The predicted octanol–water partition coefficient (Wildman–Crippen LogP) is 4.64. The Morgan fingerprint density at radius 2 is 1.94 bits per heavy atom. The molecule has 0 aliphatic heterocycles. The van der Waals surface area contributed by atoms with Gasteiger partial charge in [-0.1, -0.05) is 30.3 Å². The van der Waals surface area contributed by atoms with Gasteiger partial charge in [-0.2, -0.15) is 0 Å². The van der Waals surface area contributed by atoms with Crippen LogP contribution in [0.4, 0.5) is 5.69 Å². The second kappa shape index (κ2) is 8.52. The molecule has 1 unspecified atom stereocenters. The molecular weight excluding hydrogens is 412 g/mol. The van der Waals surface area contributed by atoms with Crippen molar-refractivity contribution in [3.05, 3.63) is 65.4 Å². The molecule has 2 heterocycles. The topological polar surface area (TPSA) is 73.4 Å².